The highest BCUT2D eigenvalue weighted by atomic mass is 16.3. The summed E-state index contributed by atoms with van der Waals surface area (Å²) in [7, 11) is 0. The van der Waals surface area contributed by atoms with Crippen LogP contribution in [-0.4, -0.2) is 34.9 Å². The number of rotatable bonds is 27. The summed E-state index contributed by atoms with van der Waals surface area (Å²) in [6.45, 7) is 4.27. The summed E-state index contributed by atoms with van der Waals surface area (Å²) in [6.07, 6.45) is 31.3. The minimum Gasteiger partial charge on any atom is -0.394 e. The minimum absolute atomic E-state index is 0.0671. The first kappa shape index (κ1) is 34.1. The van der Waals surface area contributed by atoms with E-state index in [4.69, 9.17) is 0 Å². The first-order valence-corrected chi connectivity index (χ1v) is 15.4. The Morgan fingerprint density at radius 2 is 1.06 bits per heavy atom. The molecule has 0 saturated heterocycles. The van der Waals surface area contributed by atoms with Crippen molar-refractivity contribution >= 4 is 5.91 Å². The van der Waals surface area contributed by atoms with E-state index >= 15 is 0 Å². The van der Waals surface area contributed by atoms with Gasteiger partial charge in [-0.2, -0.15) is 0 Å². The Hall–Kier alpha value is -0.870. The van der Waals surface area contributed by atoms with E-state index in [1.807, 2.05) is 6.08 Å². The molecule has 0 aliphatic carbocycles. The quantitative estimate of drug-likeness (QED) is 0.0791. The number of aliphatic hydroxyl groups is 2. The summed E-state index contributed by atoms with van der Waals surface area (Å²) in [6, 6.07) is -0.612. The second-order valence-corrected chi connectivity index (χ2v) is 10.5. The Morgan fingerprint density at radius 3 is 1.49 bits per heavy atom. The molecule has 1 amide bonds. The molecule has 208 valence electrons. The van der Waals surface area contributed by atoms with Crippen LogP contribution in [0.4, 0.5) is 0 Å². The van der Waals surface area contributed by atoms with E-state index in [9.17, 15) is 15.0 Å². The van der Waals surface area contributed by atoms with E-state index in [1.165, 1.54) is 116 Å². The lowest BCUT2D eigenvalue weighted by Crippen LogP contribution is -2.45. The van der Waals surface area contributed by atoms with Crippen LogP contribution in [0, 0.1) is 0 Å². The van der Waals surface area contributed by atoms with Gasteiger partial charge in [0.1, 0.15) is 0 Å². The summed E-state index contributed by atoms with van der Waals surface area (Å²) >= 11 is 0. The fourth-order valence-electron chi connectivity index (χ4n) is 4.59. The van der Waals surface area contributed by atoms with Gasteiger partial charge in [-0.3, -0.25) is 4.79 Å². The molecule has 4 heteroatoms. The number of hydrogen-bond donors (Lipinski definition) is 3. The lowest BCUT2D eigenvalue weighted by molar-refractivity contribution is -0.123. The number of hydrogen-bond acceptors (Lipinski definition) is 3. The lowest BCUT2D eigenvalue weighted by Gasteiger charge is -2.20. The minimum atomic E-state index is -0.829. The van der Waals surface area contributed by atoms with Gasteiger partial charge >= 0.3 is 0 Å². The second-order valence-electron chi connectivity index (χ2n) is 10.5. The molecule has 4 nitrogen and oxygen atoms in total. The van der Waals surface area contributed by atoms with Gasteiger partial charge in [0, 0.05) is 6.42 Å². The molecule has 0 aliphatic heterocycles. The van der Waals surface area contributed by atoms with Crippen molar-refractivity contribution in [2.24, 2.45) is 0 Å². The fourth-order valence-corrected chi connectivity index (χ4v) is 4.59. The summed E-state index contributed by atoms with van der Waals surface area (Å²) in [5.41, 5.74) is 0. The lowest BCUT2D eigenvalue weighted by atomic mass is 10.0. The van der Waals surface area contributed by atoms with Crippen LogP contribution in [0.3, 0.4) is 0 Å². The van der Waals surface area contributed by atoms with Gasteiger partial charge in [-0.1, -0.05) is 148 Å². The average Bonchev–Trinajstić information content (AvgIpc) is 2.86. The molecule has 0 aromatic heterocycles. The maximum absolute atomic E-state index is 12.2. The molecule has 0 spiro atoms. The highest BCUT2D eigenvalue weighted by Gasteiger charge is 2.17. The normalized spacial score (nSPS) is 13.4. The van der Waals surface area contributed by atoms with Crippen LogP contribution in [0.15, 0.2) is 12.2 Å². The van der Waals surface area contributed by atoms with E-state index < -0.39 is 12.1 Å². The van der Waals surface area contributed by atoms with Crippen LogP contribution in [0.5, 0.6) is 0 Å². The number of allylic oxidation sites excluding steroid dienone is 1. The SMILES string of the molecule is CCCCCCCCCCC/C=C/[C@@H](O)[C@H](CO)NC(=O)CCCCCCCCCCCCCC. The average molecular weight is 496 g/mol. The van der Waals surface area contributed by atoms with Gasteiger partial charge in [0.25, 0.3) is 0 Å². The Labute approximate surface area is 218 Å². The van der Waals surface area contributed by atoms with Crippen molar-refractivity contribution in [3.05, 3.63) is 12.2 Å². The zero-order chi connectivity index (χ0) is 25.8. The van der Waals surface area contributed by atoms with E-state index in [0.29, 0.717) is 6.42 Å². The molecule has 0 saturated carbocycles. The molecule has 0 aromatic rings. The Bertz CT molecular complexity index is 466. The topological polar surface area (TPSA) is 69.6 Å². The van der Waals surface area contributed by atoms with Gasteiger partial charge in [-0.05, 0) is 19.3 Å². The highest BCUT2D eigenvalue weighted by Crippen LogP contribution is 2.13. The third-order valence-electron chi connectivity index (χ3n) is 7.02. The molecule has 0 radical (unpaired) electrons. The molecule has 3 N–H and O–H groups in total. The highest BCUT2D eigenvalue weighted by molar-refractivity contribution is 5.76. The van der Waals surface area contributed by atoms with Crippen molar-refractivity contribution in [2.45, 2.75) is 174 Å². The van der Waals surface area contributed by atoms with Crippen molar-refractivity contribution < 1.29 is 15.0 Å². The van der Waals surface area contributed by atoms with Gasteiger partial charge in [-0.25, -0.2) is 0 Å². The summed E-state index contributed by atoms with van der Waals surface area (Å²) in [5.74, 6) is -0.0671. The van der Waals surface area contributed by atoms with E-state index in [2.05, 4.69) is 19.2 Å². The monoisotopic (exact) mass is 495 g/mol. The van der Waals surface area contributed by atoms with Gasteiger partial charge in [0.15, 0.2) is 0 Å². The van der Waals surface area contributed by atoms with Crippen LogP contribution >= 0.6 is 0 Å². The Kier molecular flexibility index (Phi) is 27.0. The van der Waals surface area contributed by atoms with E-state index in [0.717, 1.165) is 25.7 Å². The first-order chi connectivity index (χ1) is 17.2. The van der Waals surface area contributed by atoms with Crippen molar-refractivity contribution in [3.8, 4) is 0 Å². The molecule has 0 heterocycles. The zero-order valence-corrected chi connectivity index (χ0v) is 23.6. The summed E-state index contributed by atoms with van der Waals surface area (Å²) < 4.78 is 0. The molecular formula is C31H61NO3. The van der Waals surface area contributed by atoms with E-state index in [1.54, 1.807) is 6.08 Å². The van der Waals surface area contributed by atoms with Crippen LogP contribution in [0.2, 0.25) is 0 Å². The number of unbranched alkanes of at least 4 members (excludes halogenated alkanes) is 20. The predicted octanol–water partition coefficient (Wildman–Crippen LogP) is 8.39. The standard InChI is InChI=1S/C31H61NO3/c1-3-5-7-9-11-13-15-17-19-21-23-25-27-31(35)32-29(28-33)30(34)26-24-22-20-18-16-14-12-10-8-6-4-2/h24,26,29-30,33-34H,3-23,25,27-28H2,1-2H3,(H,32,35)/b26-24+/t29-,30+/m0/s1. The molecular weight excluding hydrogens is 434 g/mol. The number of carbonyl (C=O) groups excluding carboxylic acids is 1. The molecule has 0 rings (SSSR count). The molecule has 0 bridgehead atoms. The molecule has 0 aromatic carbocycles. The van der Waals surface area contributed by atoms with Crippen molar-refractivity contribution in [1.82, 2.24) is 5.32 Å². The van der Waals surface area contributed by atoms with Gasteiger partial charge < -0.3 is 15.5 Å². The third kappa shape index (κ3) is 24.6. The van der Waals surface area contributed by atoms with E-state index in [-0.39, 0.29) is 12.5 Å². The first-order valence-electron chi connectivity index (χ1n) is 15.4. The smallest absolute Gasteiger partial charge is 0.220 e. The largest absolute Gasteiger partial charge is 0.394 e. The molecule has 35 heavy (non-hydrogen) atoms. The van der Waals surface area contributed by atoms with Crippen molar-refractivity contribution in [1.29, 1.82) is 0 Å². The third-order valence-corrected chi connectivity index (χ3v) is 7.02. The van der Waals surface area contributed by atoms with Crippen LogP contribution in [0.25, 0.3) is 0 Å². The molecule has 0 aliphatic rings. The van der Waals surface area contributed by atoms with Gasteiger partial charge in [-0.15, -0.1) is 0 Å². The maximum atomic E-state index is 12.2. The maximum Gasteiger partial charge on any atom is 0.220 e. The van der Waals surface area contributed by atoms with Gasteiger partial charge in [0.05, 0.1) is 18.8 Å². The number of aliphatic hydroxyl groups excluding tert-OH is 2. The number of carbonyl (C=O) groups is 1. The predicted molar refractivity (Wildman–Crippen MR) is 152 cm³/mol. The zero-order valence-electron chi connectivity index (χ0n) is 23.6. The van der Waals surface area contributed by atoms with Crippen LogP contribution < -0.4 is 5.32 Å². The molecule has 2 atom stereocenters. The second kappa shape index (κ2) is 27.7. The van der Waals surface area contributed by atoms with Crippen LogP contribution in [-0.2, 0) is 4.79 Å². The number of nitrogens with one attached hydrogen (secondary N) is 1. The molecule has 0 fully saturated rings. The van der Waals surface area contributed by atoms with Crippen molar-refractivity contribution in [3.63, 3.8) is 0 Å². The fraction of sp³-hybridized carbons (Fsp3) is 0.903. The van der Waals surface area contributed by atoms with Gasteiger partial charge in [0.2, 0.25) is 5.91 Å². The Balaban J connectivity index is 3.67. The number of amides is 1. The summed E-state index contributed by atoms with van der Waals surface area (Å²) in [5, 5.41) is 22.7. The molecule has 0 unspecified atom stereocenters. The van der Waals surface area contributed by atoms with Crippen molar-refractivity contribution in [2.75, 3.05) is 6.61 Å². The van der Waals surface area contributed by atoms with Crippen LogP contribution in [0.1, 0.15) is 162 Å². The summed E-state index contributed by atoms with van der Waals surface area (Å²) in [4.78, 5) is 12.2. The Morgan fingerprint density at radius 1 is 0.657 bits per heavy atom.